The van der Waals surface area contributed by atoms with Gasteiger partial charge in [0, 0.05) is 63.1 Å². The van der Waals surface area contributed by atoms with E-state index in [9.17, 15) is 13.2 Å². The van der Waals surface area contributed by atoms with E-state index in [0.29, 0.717) is 31.0 Å². The van der Waals surface area contributed by atoms with Crippen LogP contribution in [0.15, 0.2) is 59.5 Å². The van der Waals surface area contributed by atoms with E-state index < -0.39 is 15.1 Å². The minimum absolute atomic E-state index is 0. The maximum atomic E-state index is 13.0. The standard InChI is InChI=1S/C24H31ClN4O3S.ClH/c25-20-6-4-9-22(18-20)33(31,32)23-10-5-12-29(19-23)24(30)26-11-13-27-14-16-28(17-15-27)21-7-2-1-3-8-21;/h1-4,6-9,18,23H,5,10-17,19H2,(H,26,30);1H. The molecule has 2 aliphatic rings. The van der Waals surface area contributed by atoms with Crippen molar-refractivity contribution in [2.45, 2.75) is 23.0 Å². The quantitative estimate of drug-likeness (QED) is 0.623. The molecule has 1 unspecified atom stereocenters. The van der Waals surface area contributed by atoms with Crippen molar-refractivity contribution in [1.82, 2.24) is 15.1 Å². The number of rotatable bonds is 6. The van der Waals surface area contributed by atoms with Crippen LogP contribution in [-0.2, 0) is 9.84 Å². The Balaban J connectivity index is 0.00000324. The summed E-state index contributed by atoms with van der Waals surface area (Å²) in [6, 6.07) is 16.6. The van der Waals surface area contributed by atoms with Gasteiger partial charge in [0.25, 0.3) is 0 Å². The highest BCUT2D eigenvalue weighted by Crippen LogP contribution is 2.25. The summed E-state index contributed by atoms with van der Waals surface area (Å²) in [7, 11) is -3.54. The Morgan fingerprint density at radius 3 is 2.44 bits per heavy atom. The Morgan fingerprint density at radius 2 is 1.74 bits per heavy atom. The second kappa shape index (κ2) is 12.1. The van der Waals surface area contributed by atoms with E-state index in [1.54, 1.807) is 23.1 Å². The lowest BCUT2D eigenvalue weighted by molar-refractivity contribution is 0.184. The first-order valence-electron chi connectivity index (χ1n) is 11.5. The Hall–Kier alpha value is -2.00. The molecule has 0 radical (unpaired) electrons. The topological polar surface area (TPSA) is 73.0 Å². The second-order valence-electron chi connectivity index (χ2n) is 8.61. The van der Waals surface area contributed by atoms with Crippen LogP contribution in [-0.4, -0.2) is 81.9 Å². The molecule has 2 heterocycles. The van der Waals surface area contributed by atoms with Gasteiger partial charge in [-0.1, -0.05) is 35.9 Å². The number of halogens is 2. The van der Waals surface area contributed by atoms with Crippen molar-refractivity contribution in [3.63, 3.8) is 0 Å². The summed E-state index contributed by atoms with van der Waals surface area (Å²) in [6.07, 6.45) is 1.21. The zero-order valence-electron chi connectivity index (χ0n) is 19.1. The summed E-state index contributed by atoms with van der Waals surface area (Å²) in [5.74, 6) is 0. The number of carbonyl (C=O) groups is 1. The molecule has 0 bridgehead atoms. The van der Waals surface area contributed by atoms with Gasteiger partial charge in [-0.2, -0.15) is 0 Å². The number of carbonyl (C=O) groups excluding carboxylic acids is 1. The normalized spacial score (nSPS) is 19.4. The molecule has 1 atom stereocenters. The van der Waals surface area contributed by atoms with Gasteiger partial charge in [0.05, 0.1) is 10.1 Å². The first kappa shape index (κ1) is 26.6. The number of nitrogens with one attached hydrogen (secondary N) is 1. The van der Waals surface area contributed by atoms with Gasteiger partial charge in [-0.15, -0.1) is 12.4 Å². The third-order valence-corrected chi connectivity index (χ3v) is 8.84. The summed E-state index contributed by atoms with van der Waals surface area (Å²) in [4.78, 5) is 19.3. The van der Waals surface area contributed by atoms with Crippen LogP contribution in [0.3, 0.4) is 0 Å². The predicted octanol–water partition coefficient (Wildman–Crippen LogP) is 3.53. The summed E-state index contributed by atoms with van der Waals surface area (Å²) in [5.41, 5.74) is 1.25. The molecule has 0 spiro atoms. The lowest BCUT2D eigenvalue weighted by Gasteiger charge is -2.36. The van der Waals surface area contributed by atoms with Gasteiger partial charge in [0.15, 0.2) is 9.84 Å². The van der Waals surface area contributed by atoms with Crippen LogP contribution in [0.2, 0.25) is 5.02 Å². The van der Waals surface area contributed by atoms with Gasteiger partial charge in [-0.25, -0.2) is 13.2 Å². The van der Waals surface area contributed by atoms with Crippen LogP contribution < -0.4 is 10.2 Å². The number of para-hydroxylation sites is 1. The van der Waals surface area contributed by atoms with Crippen LogP contribution in [0.25, 0.3) is 0 Å². The fraction of sp³-hybridized carbons (Fsp3) is 0.458. The van der Waals surface area contributed by atoms with Gasteiger partial charge in [-0.3, -0.25) is 4.90 Å². The van der Waals surface area contributed by atoms with Gasteiger partial charge in [-0.05, 0) is 43.2 Å². The average Bonchev–Trinajstić information content (AvgIpc) is 2.85. The van der Waals surface area contributed by atoms with Crippen LogP contribution >= 0.6 is 24.0 Å². The molecule has 4 rings (SSSR count). The maximum Gasteiger partial charge on any atom is 0.317 e. The van der Waals surface area contributed by atoms with Gasteiger partial charge >= 0.3 is 6.03 Å². The maximum absolute atomic E-state index is 13.0. The third-order valence-electron chi connectivity index (χ3n) is 6.43. The number of anilines is 1. The van der Waals surface area contributed by atoms with Crippen molar-refractivity contribution in [1.29, 1.82) is 0 Å². The minimum atomic E-state index is -3.54. The molecule has 0 aliphatic carbocycles. The van der Waals surface area contributed by atoms with E-state index >= 15 is 0 Å². The fourth-order valence-electron chi connectivity index (χ4n) is 4.51. The average molecular weight is 528 g/mol. The number of piperidine rings is 1. The molecule has 10 heteroatoms. The van der Waals surface area contributed by atoms with E-state index in [1.165, 1.54) is 11.8 Å². The molecule has 1 N–H and O–H groups in total. The number of urea groups is 1. The van der Waals surface area contributed by atoms with Crippen LogP contribution in [0, 0.1) is 0 Å². The number of benzene rings is 2. The number of nitrogens with zero attached hydrogens (tertiary/aromatic N) is 3. The Kier molecular flexibility index (Phi) is 9.47. The van der Waals surface area contributed by atoms with Gasteiger partial charge in [0.1, 0.15) is 0 Å². The van der Waals surface area contributed by atoms with E-state index in [2.05, 4.69) is 39.4 Å². The third kappa shape index (κ3) is 6.56. The zero-order chi connectivity index (χ0) is 23.3. The molecule has 2 aromatic carbocycles. The van der Waals surface area contributed by atoms with E-state index in [1.807, 2.05) is 6.07 Å². The molecule has 2 saturated heterocycles. The second-order valence-corrected chi connectivity index (χ2v) is 11.3. The highest BCUT2D eigenvalue weighted by Gasteiger charge is 2.34. The smallest absolute Gasteiger partial charge is 0.317 e. The number of hydrogen-bond acceptors (Lipinski definition) is 5. The number of amides is 2. The molecule has 2 aliphatic heterocycles. The van der Waals surface area contributed by atoms with Crippen molar-refractivity contribution < 1.29 is 13.2 Å². The molecule has 0 aromatic heterocycles. The first-order valence-corrected chi connectivity index (χ1v) is 13.4. The highest BCUT2D eigenvalue weighted by atomic mass is 35.5. The molecule has 34 heavy (non-hydrogen) atoms. The van der Waals surface area contributed by atoms with Crippen molar-refractivity contribution in [2.75, 3.05) is 57.3 Å². The lowest BCUT2D eigenvalue weighted by atomic mass is 10.1. The summed E-state index contributed by atoms with van der Waals surface area (Å²) < 4.78 is 26.1. The van der Waals surface area contributed by atoms with Gasteiger partial charge in [0.2, 0.25) is 0 Å². The summed E-state index contributed by atoms with van der Waals surface area (Å²) in [6.45, 7) is 5.95. The van der Waals surface area contributed by atoms with Crippen LogP contribution in [0.1, 0.15) is 12.8 Å². The van der Waals surface area contributed by atoms with Crippen LogP contribution in [0.5, 0.6) is 0 Å². The molecular weight excluding hydrogens is 495 g/mol. The monoisotopic (exact) mass is 526 g/mol. The van der Waals surface area contributed by atoms with Crippen molar-refractivity contribution in [3.8, 4) is 0 Å². The molecular formula is C24H32Cl2N4O3S. The molecule has 2 amide bonds. The summed E-state index contributed by atoms with van der Waals surface area (Å²) in [5, 5.41) is 2.76. The molecule has 186 valence electrons. The Morgan fingerprint density at radius 1 is 1.00 bits per heavy atom. The molecule has 0 saturated carbocycles. The number of likely N-dealkylation sites (tertiary alicyclic amines) is 1. The SMILES string of the molecule is Cl.O=C(NCCN1CCN(c2ccccc2)CC1)N1CCCC(S(=O)(=O)c2cccc(Cl)c2)C1. The van der Waals surface area contributed by atoms with Crippen molar-refractivity contribution in [3.05, 3.63) is 59.6 Å². The van der Waals surface area contributed by atoms with Crippen molar-refractivity contribution >= 4 is 45.6 Å². The van der Waals surface area contributed by atoms with Gasteiger partial charge < -0.3 is 15.1 Å². The number of piperazine rings is 1. The van der Waals surface area contributed by atoms with Crippen molar-refractivity contribution in [2.24, 2.45) is 0 Å². The first-order chi connectivity index (χ1) is 15.9. The largest absolute Gasteiger partial charge is 0.369 e. The molecule has 2 fully saturated rings. The Bertz CT molecular complexity index is 1050. The van der Waals surface area contributed by atoms with E-state index in [-0.39, 0.29) is 29.9 Å². The molecule has 7 nitrogen and oxygen atoms in total. The number of sulfone groups is 1. The minimum Gasteiger partial charge on any atom is -0.369 e. The lowest BCUT2D eigenvalue weighted by Crippen LogP contribution is -2.51. The summed E-state index contributed by atoms with van der Waals surface area (Å²) >= 11 is 5.98. The highest BCUT2D eigenvalue weighted by molar-refractivity contribution is 7.92. The fourth-order valence-corrected chi connectivity index (χ4v) is 6.57. The molecule has 2 aromatic rings. The van der Waals surface area contributed by atoms with Crippen LogP contribution in [0.4, 0.5) is 10.5 Å². The van der Waals surface area contributed by atoms with E-state index in [4.69, 9.17) is 11.6 Å². The predicted molar refractivity (Wildman–Crippen MR) is 139 cm³/mol. The number of hydrogen-bond donors (Lipinski definition) is 1. The Labute approximate surface area is 213 Å². The zero-order valence-corrected chi connectivity index (χ0v) is 21.5. The van der Waals surface area contributed by atoms with E-state index in [0.717, 1.165) is 32.7 Å².